The number of nitrogens with zero attached hydrogens (tertiary/aromatic N) is 1. The van der Waals surface area contributed by atoms with Crippen LogP contribution in [0.2, 0.25) is 0 Å². The van der Waals surface area contributed by atoms with Crippen LogP contribution in [0.3, 0.4) is 0 Å². The Labute approximate surface area is 138 Å². The number of nitrogens with one attached hydrogen (secondary N) is 1. The first-order valence-corrected chi connectivity index (χ1v) is 8.26. The molecule has 0 atom stereocenters. The van der Waals surface area contributed by atoms with Crippen molar-refractivity contribution in [2.24, 2.45) is 5.92 Å². The molecule has 2 rings (SSSR count). The molecule has 0 spiro atoms. The summed E-state index contributed by atoms with van der Waals surface area (Å²) in [6.07, 6.45) is 4.41. The van der Waals surface area contributed by atoms with Crippen LogP contribution in [-0.4, -0.2) is 43.6 Å². The fourth-order valence-corrected chi connectivity index (χ4v) is 2.36. The van der Waals surface area contributed by atoms with E-state index in [9.17, 15) is 4.79 Å². The van der Waals surface area contributed by atoms with Crippen molar-refractivity contribution < 1.29 is 9.53 Å². The number of hydrogen-bond acceptors (Lipinski definition) is 4. The molecule has 0 unspecified atom stereocenters. The lowest BCUT2D eigenvalue weighted by Gasteiger charge is -2.26. The third-order valence-electron chi connectivity index (χ3n) is 3.83. The number of piperazine rings is 1. The normalized spacial score (nSPS) is 15.3. The van der Waals surface area contributed by atoms with Gasteiger partial charge in [0.25, 0.3) is 0 Å². The Balaban J connectivity index is 1.91. The van der Waals surface area contributed by atoms with E-state index in [-0.39, 0.29) is 5.91 Å². The number of benzene rings is 1. The number of anilines is 1. The van der Waals surface area contributed by atoms with Crippen LogP contribution in [0.25, 0.3) is 6.08 Å². The van der Waals surface area contributed by atoms with Crippen LogP contribution in [0, 0.1) is 5.92 Å². The van der Waals surface area contributed by atoms with Gasteiger partial charge in [0.05, 0.1) is 12.3 Å². The molecular weight excluding hydrogens is 290 g/mol. The zero-order chi connectivity index (χ0) is 16.7. The first kappa shape index (κ1) is 17.3. The molecule has 1 aliphatic rings. The van der Waals surface area contributed by atoms with E-state index in [0.717, 1.165) is 38.2 Å². The molecule has 0 radical (unpaired) electrons. The molecular formula is C18H27N3O2. The molecule has 0 saturated carbocycles. The molecule has 1 aliphatic heterocycles. The van der Waals surface area contributed by atoms with Crippen molar-refractivity contribution >= 4 is 17.7 Å². The standard InChI is InChI=1S/C18H27N3O2/c1-14(2)7-12-23-17-5-3-15(13-16(17)19)4-6-18(22)21-10-8-20-9-11-21/h3-6,13-14,20H,7-12,19H2,1-2H3/b6-4-. The van der Waals surface area contributed by atoms with Gasteiger partial charge < -0.3 is 20.7 Å². The van der Waals surface area contributed by atoms with Gasteiger partial charge >= 0.3 is 0 Å². The van der Waals surface area contributed by atoms with Gasteiger partial charge in [0, 0.05) is 32.3 Å². The molecule has 1 heterocycles. The summed E-state index contributed by atoms with van der Waals surface area (Å²) in [5, 5.41) is 3.23. The monoisotopic (exact) mass is 317 g/mol. The Morgan fingerprint density at radius 1 is 1.39 bits per heavy atom. The number of rotatable bonds is 6. The van der Waals surface area contributed by atoms with E-state index in [1.165, 1.54) is 0 Å². The maximum absolute atomic E-state index is 12.1. The number of ether oxygens (including phenoxy) is 1. The van der Waals surface area contributed by atoms with Crippen LogP contribution in [0.4, 0.5) is 5.69 Å². The molecule has 1 fully saturated rings. The van der Waals surface area contributed by atoms with Crippen molar-refractivity contribution in [2.45, 2.75) is 20.3 Å². The summed E-state index contributed by atoms with van der Waals surface area (Å²) in [5.74, 6) is 1.35. The molecule has 0 aliphatic carbocycles. The van der Waals surface area contributed by atoms with Gasteiger partial charge in [-0.1, -0.05) is 19.9 Å². The number of amides is 1. The predicted molar refractivity (Wildman–Crippen MR) is 94.3 cm³/mol. The van der Waals surface area contributed by atoms with Crippen LogP contribution in [0.15, 0.2) is 24.3 Å². The minimum absolute atomic E-state index is 0.0438. The molecule has 5 heteroatoms. The molecule has 23 heavy (non-hydrogen) atoms. The fraction of sp³-hybridized carbons (Fsp3) is 0.500. The third-order valence-corrected chi connectivity index (χ3v) is 3.83. The number of nitrogen functional groups attached to an aromatic ring is 1. The van der Waals surface area contributed by atoms with Crippen molar-refractivity contribution in [3.8, 4) is 5.75 Å². The van der Waals surface area contributed by atoms with Crippen LogP contribution in [0.5, 0.6) is 5.75 Å². The Morgan fingerprint density at radius 3 is 2.78 bits per heavy atom. The van der Waals surface area contributed by atoms with Gasteiger partial charge in [-0.05, 0) is 36.1 Å². The van der Waals surface area contributed by atoms with E-state index in [2.05, 4.69) is 19.2 Å². The zero-order valence-electron chi connectivity index (χ0n) is 14.0. The first-order valence-electron chi connectivity index (χ1n) is 8.26. The van der Waals surface area contributed by atoms with Gasteiger partial charge in [-0.15, -0.1) is 0 Å². The highest BCUT2D eigenvalue weighted by molar-refractivity contribution is 5.92. The van der Waals surface area contributed by atoms with E-state index < -0.39 is 0 Å². The summed E-state index contributed by atoms with van der Waals surface area (Å²) >= 11 is 0. The Morgan fingerprint density at radius 2 is 2.13 bits per heavy atom. The highest BCUT2D eigenvalue weighted by Crippen LogP contribution is 2.23. The number of nitrogens with two attached hydrogens (primary N) is 1. The Bertz CT molecular complexity index is 549. The molecule has 1 aromatic carbocycles. The lowest BCUT2D eigenvalue weighted by Crippen LogP contribution is -2.45. The van der Waals surface area contributed by atoms with Crippen LogP contribution in [-0.2, 0) is 4.79 Å². The highest BCUT2D eigenvalue weighted by atomic mass is 16.5. The lowest BCUT2D eigenvalue weighted by molar-refractivity contribution is -0.126. The second-order valence-electron chi connectivity index (χ2n) is 6.24. The Kier molecular flexibility index (Phi) is 6.47. The Hall–Kier alpha value is -2.01. The highest BCUT2D eigenvalue weighted by Gasteiger charge is 2.13. The summed E-state index contributed by atoms with van der Waals surface area (Å²) in [4.78, 5) is 13.9. The minimum Gasteiger partial charge on any atom is -0.491 e. The van der Waals surface area contributed by atoms with Gasteiger partial charge in [-0.2, -0.15) is 0 Å². The molecule has 0 aromatic heterocycles. The summed E-state index contributed by atoms with van der Waals surface area (Å²) in [6, 6.07) is 5.62. The first-order chi connectivity index (χ1) is 11.1. The van der Waals surface area contributed by atoms with Crippen molar-refractivity contribution in [1.29, 1.82) is 0 Å². The lowest BCUT2D eigenvalue weighted by atomic mass is 10.1. The minimum atomic E-state index is 0.0438. The second kappa shape index (κ2) is 8.58. The van der Waals surface area contributed by atoms with E-state index in [1.807, 2.05) is 23.1 Å². The molecule has 3 N–H and O–H groups in total. The van der Waals surface area contributed by atoms with E-state index >= 15 is 0 Å². The van der Waals surface area contributed by atoms with Crippen LogP contribution < -0.4 is 15.8 Å². The number of hydrogen-bond donors (Lipinski definition) is 2. The van der Waals surface area contributed by atoms with Gasteiger partial charge in [-0.25, -0.2) is 0 Å². The summed E-state index contributed by atoms with van der Waals surface area (Å²) in [6.45, 7) is 8.22. The fourth-order valence-electron chi connectivity index (χ4n) is 2.36. The molecule has 1 aromatic rings. The molecule has 1 amide bonds. The van der Waals surface area contributed by atoms with E-state index in [1.54, 1.807) is 12.2 Å². The smallest absolute Gasteiger partial charge is 0.246 e. The summed E-state index contributed by atoms with van der Waals surface area (Å²) in [5.41, 5.74) is 7.53. The maximum Gasteiger partial charge on any atom is 0.246 e. The zero-order valence-corrected chi connectivity index (χ0v) is 14.0. The SMILES string of the molecule is CC(C)CCOc1ccc(/C=C\C(=O)N2CCNCC2)cc1N. The summed E-state index contributed by atoms with van der Waals surface area (Å²) < 4.78 is 5.69. The quantitative estimate of drug-likeness (QED) is 0.623. The molecule has 5 nitrogen and oxygen atoms in total. The van der Waals surface area contributed by atoms with E-state index in [4.69, 9.17) is 10.5 Å². The van der Waals surface area contributed by atoms with Crippen molar-refractivity contribution in [1.82, 2.24) is 10.2 Å². The van der Waals surface area contributed by atoms with Crippen molar-refractivity contribution in [3.63, 3.8) is 0 Å². The van der Waals surface area contributed by atoms with Gasteiger partial charge in [0.2, 0.25) is 5.91 Å². The van der Waals surface area contributed by atoms with Crippen molar-refractivity contribution in [2.75, 3.05) is 38.5 Å². The number of carbonyl (C=O) groups excluding carboxylic acids is 1. The molecule has 126 valence electrons. The largest absolute Gasteiger partial charge is 0.491 e. The van der Waals surface area contributed by atoms with E-state index in [0.29, 0.717) is 24.0 Å². The van der Waals surface area contributed by atoms with Gasteiger partial charge in [-0.3, -0.25) is 4.79 Å². The molecule has 0 bridgehead atoms. The third kappa shape index (κ3) is 5.60. The topological polar surface area (TPSA) is 67.6 Å². The number of carbonyl (C=O) groups is 1. The average molecular weight is 317 g/mol. The molecule has 1 saturated heterocycles. The van der Waals surface area contributed by atoms with Gasteiger partial charge in [0.1, 0.15) is 5.75 Å². The summed E-state index contributed by atoms with van der Waals surface area (Å²) in [7, 11) is 0. The van der Waals surface area contributed by atoms with Crippen LogP contribution in [0.1, 0.15) is 25.8 Å². The van der Waals surface area contributed by atoms with Gasteiger partial charge in [0.15, 0.2) is 0 Å². The predicted octanol–water partition coefficient (Wildman–Crippen LogP) is 2.14. The van der Waals surface area contributed by atoms with Crippen LogP contribution >= 0.6 is 0 Å². The average Bonchev–Trinajstić information content (AvgIpc) is 2.55. The maximum atomic E-state index is 12.1. The van der Waals surface area contributed by atoms with Crippen molar-refractivity contribution in [3.05, 3.63) is 29.8 Å². The second-order valence-corrected chi connectivity index (χ2v) is 6.24.